The number of aliphatic hydroxyl groups excluding tert-OH is 1. The number of hydrogen-bond donors (Lipinski definition) is 1. The third kappa shape index (κ3) is 2.37. The summed E-state index contributed by atoms with van der Waals surface area (Å²) in [6, 6.07) is 0. The molecule has 0 bridgehead atoms. The van der Waals surface area contributed by atoms with Gasteiger partial charge < -0.3 is 9.84 Å². The summed E-state index contributed by atoms with van der Waals surface area (Å²) in [7, 11) is 0. The van der Waals surface area contributed by atoms with Crippen molar-refractivity contribution in [3.05, 3.63) is 12.2 Å². The van der Waals surface area contributed by atoms with Crippen molar-refractivity contribution in [2.45, 2.75) is 38.1 Å². The molecule has 0 aromatic carbocycles. The van der Waals surface area contributed by atoms with Gasteiger partial charge in [-0.2, -0.15) is 0 Å². The van der Waals surface area contributed by atoms with E-state index >= 15 is 0 Å². The van der Waals surface area contributed by atoms with E-state index in [-0.39, 0.29) is 6.10 Å². The van der Waals surface area contributed by atoms with Gasteiger partial charge in [-0.05, 0) is 24.8 Å². The van der Waals surface area contributed by atoms with Gasteiger partial charge in [-0.3, -0.25) is 0 Å². The zero-order valence-corrected chi connectivity index (χ0v) is 7.12. The Bertz CT molecular complexity index is 202. The van der Waals surface area contributed by atoms with Crippen molar-refractivity contribution in [2.24, 2.45) is 0 Å². The Morgan fingerprint density at radius 3 is 3.00 bits per heavy atom. The topological polar surface area (TPSA) is 29.5 Å². The molecule has 0 radical (unpaired) electrons. The highest BCUT2D eigenvalue weighted by atomic mass is 16.6. The van der Waals surface area contributed by atoms with Crippen LogP contribution in [-0.4, -0.2) is 17.5 Å². The van der Waals surface area contributed by atoms with Gasteiger partial charge in [0.2, 0.25) is 0 Å². The second-order valence-corrected chi connectivity index (χ2v) is 3.07. The van der Waals surface area contributed by atoms with Crippen LogP contribution in [0.3, 0.4) is 0 Å². The third-order valence-corrected chi connectivity index (χ3v) is 2.01. The maximum atomic E-state index is 9.16. The van der Waals surface area contributed by atoms with E-state index in [2.05, 4.69) is 12.5 Å². The number of hydrogen-bond acceptors (Lipinski definition) is 2. The molecule has 2 heteroatoms. The van der Waals surface area contributed by atoms with Crippen molar-refractivity contribution in [3.63, 3.8) is 0 Å². The molecule has 0 saturated carbocycles. The minimum Gasteiger partial charge on any atom is -0.364 e. The number of rotatable bonds is 3. The SMILES string of the molecule is C#CCCCC1CC(=C)C(O)O1. The number of ether oxygens (including phenoxy) is 1. The second kappa shape index (κ2) is 4.30. The van der Waals surface area contributed by atoms with Crippen LogP contribution in [0.2, 0.25) is 0 Å². The van der Waals surface area contributed by atoms with Gasteiger partial charge >= 0.3 is 0 Å². The van der Waals surface area contributed by atoms with Gasteiger partial charge in [-0.1, -0.05) is 6.58 Å². The van der Waals surface area contributed by atoms with Crippen LogP contribution in [0.1, 0.15) is 25.7 Å². The third-order valence-electron chi connectivity index (χ3n) is 2.01. The van der Waals surface area contributed by atoms with Crippen LogP contribution in [0.4, 0.5) is 0 Å². The lowest BCUT2D eigenvalue weighted by atomic mass is 10.1. The molecule has 1 saturated heterocycles. The highest BCUT2D eigenvalue weighted by Gasteiger charge is 2.25. The molecule has 0 amide bonds. The molecule has 2 nitrogen and oxygen atoms in total. The fourth-order valence-corrected chi connectivity index (χ4v) is 1.32. The Morgan fingerprint density at radius 2 is 2.50 bits per heavy atom. The molecule has 12 heavy (non-hydrogen) atoms. The smallest absolute Gasteiger partial charge is 0.177 e. The Morgan fingerprint density at radius 1 is 1.75 bits per heavy atom. The van der Waals surface area contributed by atoms with Crippen LogP contribution in [0.5, 0.6) is 0 Å². The summed E-state index contributed by atoms with van der Waals surface area (Å²) in [5.74, 6) is 2.57. The van der Waals surface area contributed by atoms with Gasteiger partial charge in [0, 0.05) is 6.42 Å². The van der Waals surface area contributed by atoms with E-state index in [1.54, 1.807) is 0 Å². The molecule has 2 atom stereocenters. The summed E-state index contributed by atoms with van der Waals surface area (Å²) in [4.78, 5) is 0. The molecule has 1 aliphatic rings. The molecule has 0 aromatic heterocycles. The largest absolute Gasteiger partial charge is 0.364 e. The lowest BCUT2D eigenvalue weighted by Gasteiger charge is -2.07. The molecular weight excluding hydrogens is 152 g/mol. The monoisotopic (exact) mass is 166 g/mol. The number of unbranched alkanes of at least 4 members (excludes halogenated alkanes) is 1. The quantitative estimate of drug-likeness (QED) is 0.390. The molecule has 0 aliphatic carbocycles. The Kier molecular flexibility index (Phi) is 3.33. The predicted octanol–water partition coefficient (Wildman–Crippen LogP) is 1.45. The molecule has 0 spiro atoms. The maximum Gasteiger partial charge on any atom is 0.177 e. The van der Waals surface area contributed by atoms with Gasteiger partial charge in [0.15, 0.2) is 6.29 Å². The van der Waals surface area contributed by atoms with Crippen molar-refractivity contribution in [1.82, 2.24) is 0 Å². The predicted molar refractivity (Wildman–Crippen MR) is 47.3 cm³/mol. The average molecular weight is 166 g/mol. The Labute approximate surface area is 73.2 Å². The first kappa shape index (κ1) is 9.31. The second-order valence-electron chi connectivity index (χ2n) is 3.07. The van der Waals surface area contributed by atoms with Gasteiger partial charge in [-0.15, -0.1) is 12.3 Å². The highest BCUT2D eigenvalue weighted by Crippen LogP contribution is 2.25. The van der Waals surface area contributed by atoms with E-state index in [9.17, 15) is 0 Å². The highest BCUT2D eigenvalue weighted by molar-refractivity contribution is 5.04. The first-order valence-corrected chi connectivity index (χ1v) is 4.18. The van der Waals surface area contributed by atoms with Crippen LogP contribution < -0.4 is 0 Å². The first-order chi connectivity index (χ1) is 5.74. The van der Waals surface area contributed by atoms with Crippen molar-refractivity contribution < 1.29 is 9.84 Å². The first-order valence-electron chi connectivity index (χ1n) is 4.18. The summed E-state index contributed by atoms with van der Waals surface area (Å²) in [5, 5.41) is 9.16. The molecule has 1 heterocycles. The fraction of sp³-hybridized carbons (Fsp3) is 0.600. The van der Waals surface area contributed by atoms with Crippen LogP contribution in [0.15, 0.2) is 12.2 Å². The molecule has 66 valence electrons. The van der Waals surface area contributed by atoms with Crippen LogP contribution >= 0.6 is 0 Å². The zero-order valence-electron chi connectivity index (χ0n) is 7.12. The van der Waals surface area contributed by atoms with Crippen LogP contribution in [-0.2, 0) is 4.74 Å². The average Bonchev–Trinajstić information content (AvgIpc) is 2.32. The Balaban J connectivity index is 2.20. The summed E-state index contributed by atoms with van der Waals surface area (Å²) < 4.78 is 5.21. The number of aliphatic hydroxyl groups is 1. The normalized spacial score (nSPS) is 28.8. The van der Waals surface area contributed by atoms with Crippen molar-refractivity contribution in [2.75, 3.05) is 0 Å². The van der Waals surface area contributed by atoms with Gasteiger partial charge in [-0.25, -0.2) is 0 Å². The molecule has 1 rings (SSSR count). The lowest BCUT2D eigenvalue weighted by molar-refractivity contribution is -0.0775. The lowest BCUT2D eigenvalue weighted by Crippen LogP contribution is -2.09. The molecule has 0 aromatic rings. The maximum absolute atomic E-state index is 9.16. The summed E-state index contributed by atoms with van der Waals surface area (Å²) >= 11 is 0. The minimum absolute atomic E-state index is 0.126. The van der Waals surface area contributed by atoms with Gasteiger partial charge in [0.05, 0.1) is 6.10 Å². The summed E-state index contributed by atoms with van der Waals surface area (Å²) in [6.07, 6.45) is 7.91. The van der Waals surface area contributed by atoms with Crippen molar-refractivity contribution in [1.29, 1.82) is 0 Å². The Hall–Kier alpha value is -0.780. The number of terminal acetylenes is 1. The van der Waals surface area contributed by atoms with E-state index in [4.69, 9.17) is 16.3 Å². The van der Waals surface area contributed by atoms with Crippen molar-refractivity contribution >= 4 is 0 Å². The van der Waals surface area contributed by atoms with Crippen LogP contribution in [0, 0.1) is 12.3 Å². The summed E-state index contributed by atoms with van der Waals surface area (Å²) in [6.45, 7) is 3.70. The molecule has 1 N–H and O–H groups in total. The standard InChI is InChI=1S/C10H14O2/c1-3-4-5-6-9-7-8(2)10(11)12-9/h1,9-11H,2,4-7H2. The van der Waals surface area contributed by atoms with Gasteiger partial charge in [0.1, 0.15) is 0 Å². The van der Waals surface area contributed by atoms with Crippen molar-refractivity contribution in [3.8, 4) is 12.3 Å². The molecule has 2 unspecified atom stereocenters. The van der Waals surface area contributed by atoms with E-state index in [0.29, 0.717) is 0 Å². The van der Waals surface area contributed by atoms with E-state index in [0.717, 1.165) is 31.3 Å². The summed E-state index contributed by atoms with van der Waals surface area (Å²) in [5.41, 5.74) is 0.778. The molecular formula is C10H14O2. The molecule has 1 fully saturated rings. The van der Waals surface area contributed by atoms with E-state index < -0.39 is 6.29 Å². The molecule has 1 aliphatic heterocycles. The zero-order chi connectivity index (χ0) is 8.97. The van der Waals surface area contributed by atoms with Crippen LogP contribution in [0.25, 0.3) is 0 Å². The minimum atomic E-state index is -0.749. The van der Waals surface area contributed by atoms with E-state index in [1.165, 1.54) is 0 Å². The van der Waals surface area contributed by atoms with Gasteiger partial charge in [0.25, 0.3) is 0 Å². The van der Waals surface area contributed by atoms with E-state index in [1.807, 2.05) is 0 Å². The fourth-order valence-electron chi connectivity index (χ4n) is 1.32.